The number of furan rings is 1. The number of amides is 1. The molecule has 7 heteroatoms. The topological polar surface area (TPSA) is 88.8 Å². The second-order valence-electron chi connectivity index (χ2n) is 4.78. The first-order chi connectivity index (χ1) is 11.0. The molecule has 1 amide bonds. The standard InChI is InChI=1S/C16H16FNO5/c1-22-12-4-2-3-10(15(12)17)5-8-14(19)18-9-11-6-7-13(23-11)16(20)21/h2-4,6-7H,5,8-9H2,1H3,(H,18,19)(H,20,21). The SMILES string of the molecule is COc1cccc(CCC(=O)NCc2ccc(C(=O)O)o2)c1F. The molecular formula is C16H16FNO5. The van der Waals surface area contributed by atoms with E-state index in [1.54, 1.807) is 12.1 Å². The summed E-state index contributed by atoms with van der Waals surface area (Å²) < 4.78 is 23.8. The van der Waals surface area contributed by atoms with Gasteiger partial charge in [-0.05, 0) is 30.2 Å². The quantitative estimate of drug-likeness (QED) is 0.817. The van der Waals surface area contributed by atoms with Gasteiger partial charge in [0.1, 0.15) is 5.76 Å². The second kappa shape index (κ2) is 7.44. The van der Waals surface area contributed by atoms with Crippen molar-refractivity contribution in [3.05, 3.63) is 53.2 Å². The molecule has 2 N–H and O–H groups in total. The minimum atomic E-state index is -1.17. The predicted octanol–water partition coefficient (Wildman–Crippen LogP) is 2.37. The van der Waals surface area contributed by atoms with Gasteiger partial charge in [-0.25, -0.2) is 9.18 Å². The summed E-state index contributed by atoms with van der Waals surface area (Å²) >= 11 is 0. The monoisotopic (exact) mass is 321 g/mol. The Morgan fingerprint density at radius 3 is 2.74 bits per heavy atom. The molecule has 0 aliphatic rings. The van der Waals surface area contributed by atoms with E-state index in [2.05, 4.69) is 5.32 Å². The molecule has 0 aliphatic carbocycles. The summed E-state index contributed by atoms with van der Waals surface area (Å²) in [6.45, 7) is 0.0761. The molecule has 23 heavy (non-hydrogen) atoms. The summed E-state index contributed by atoms with van der Waals surface area (Å²) in [5, 5.41) is 11.3. The smallest absolute Gasteiger partial charge is 0.371 e. The number of carboxylic acid groups (broad SMARTS) is 1. The van der Waals surface area contributed by atoms with Gasteiger partial charge in [-0.2, -0.15) is 0 Å². The van der Waals surface area contributed by atoms with E-state index in [-0.39, 0.29) is 36.8 Å². The molecule has 0 saturated heterocycles. The van der Waals surface area contributed by atoms with Crippen molar-refractivity contribution in [1.82, 2.24) is 5.32 Å². The van der Waals surface area contributed by atoms with Gasteiger partial charge in [0.2, 0.25) is 11.7 Å². The summed E-state index contributed by atoms with van der Waals surface area (Å²) in [7, 11) is 1.38. The van der Waals surface area contributed by atoms with Crippen molar-refractivity contribution in [3.8, 4) is 5.75 Å². The Hall–Kier alpha value is -2.83. The van der Waals surface area contributed by atoms with E-state index < -0.39 is 11.8 Å². The second-order valence-corrected chi connectivity index (χ2v) is 4.78. The van der Waals surface area contributed by atoms with Gasteiger partial charge in [-0.1, -0.05) is 12.1 Å². The van der Waals surface area contributed by atoms with Crippen LogP contribution in [-0.2, 0) is 17.8 Å². The molecule has 0 radical (unpaired) electrons. The van der Waals surface area contributed by atoms with Gasteiger partial charge in [0.15, 0.2) is 11.6 Å². The number of benzene rings is 1. The van der Waals surface area contributed by atoms with Crippen molar-refractivity contribution in [3.63, 3.8) is 0 Å². The summed E-state index contributed by atoms with van der Waals surface area (Å²) in [4.78, 5) is 22.4. The molecule has 0 atom stereocenters. The minimum absolute atomic E-state index is 0.0761. The highest BCUT2D eigenvalue weighted by molar-refractivity contribution is 5.84. The maximum atomic E-state index is 13.9. The molecule has 1 aromatic heterocycles. The fourth-order valence-corrected chi connectivity index (χ4v) is 2.02. The summed E-state index contributed by atoms with van der Waals surface area (Å²) in [5.41, 5.74) is 0.394. The number of hydrogen-bond acceptors (Lipinski definition) is 4. The summed E-state index contributed by atoms with van der Waals surface area (Å²) in [5.74, 6) is -1.65. The van der Waals surface area contributed by atoms with Gasteiger partial charge in [0.05, 0.1) is 13.7 Å². The van der Waals surface area contributed by atoms with Crippen LogP contribution in [0.2, 0.25) is 0 Å². The molecule has 0 spiro atoms. The van der Waals surface area contributed by atoms with Crippen LogP contribution in [0.4, 0.5) is 4.39 Å². The van der Waals surface area contributed by atoms with Crippen molar-refractivity contribution >= 4 is 11.9 Å². The molecule has 0 bridgehead atoms. The number of methoxy groups -OCH3 is 1. The van der Waals surface area contributed by atoms with Crippen LogP contribution in [0.3, 0.4) is 0 Å². The van der Waals surface area contributed by atoms with Crippen molar-refractivity contribution in [1.29, 1.82) is 0 Å². The van der Waals surface area contributed by atoms with Gasteiger partial charge in [-0.15, -0.1) is 0 Å². The first-order valence-electron chi connectivity index (χ1n) is 6.91. The third kappa shape index (κ3) is 4.32. The average Bonchev–Trinajstić information content (AvgIpc) is 3.01. The fraction of sp³-hybridized carbons (Fsp3) is 0.250. The number of aryl methyl sites for hydroxylation is 1. The molecule has 0 saturated carbocycles. The van der Waals surface area contributed by atoms with E-state index in [0.29, 0.717) is 11.3 Å². The zero-order chi connectivity index (χ0) is 16.8. The highest BCUT2D eigenvalue weighted by Gasteiger charge is 2.12. The van der Waals surface area contributed by atoms with Crippen LogP contribution in [0.1, 0.15) is 28.3 Å². The number of rotatable bonds is 7. The van der Waals surface area contributed by atoms with E-state index in [0.717, 1.165) is 0 Å². The number of carbonyl (C=O) groups excluding carboxylic acids is 1. The van der Waals surface area contributed by atoms with Crippen LogP contribution < -0.4 is 10.1 Å². The van der Waals surface area contributed by atoms with Crippen molar-refractivity contribution < 1.29 is 28.2 Å². The number of halogens is 1. The maximum absolute atomic E-state index is 13.9. The van der Waals surface area contributed by atoms with E-state index in [1.165, 1.54) is 25.3 Å². The number of carboxylic acids is 1. The number of ether oxygens (including phenoxy) is 1. The maximum Gasteiger partial charge on any atom is 0.371 e. The molecule has 0 aliphatic heterocycles. The first-order valence-corrected chi connectivity index (χ1v) is 6.91. The number of aromatic carboxylic acids is 1. The van der Waals surface area contributed by atoms with Crippen molar-refractivity contribution in [2.45, 2.75) is 19.4 Å². The first kappa shape index (κ1) is 16.5. The normalized spacial score (nSPS) is 10.3. The third-order valence-electron chi connectivity index (χ3n) is 3.22. The van der Waals surface area contributed by atoms with Crippen LogP contribution in [0.5, 0.6) is 5.75 Å². The Bertz CT molecular complexity index is 710. The largest absolute Gasteiger partial charge is 0.494 e. The lowest BCUT2D eigenvalue weighted by Gasteiger charge is -2.07. The fourth-order valence-electron chi connectivity index (χ4n) is 2.02. The van der Waals surface area contributed by atoms with E-state index in [1.807, 2.05) is 0 Å². The molecule has 1 aromatic carbocycles. The summed E-state index contributed by atoms with van der Waals surface area (Å²) in [6, 6.07) is 7.55. The Balaban J connectivity index is 1.84. The van der Waals surface area contributed by atoms with Gasteiger partial charge in [0.25, 0.3) is 0 Å². The Kier molecular flexibility index (Phi) is 5.35. The molecular weight excluding hydrogens is 305 g/mol. The number of nitrogens with one attached hydrogen (secondary N) is 1. The Morgan fingerprint density at radius 1 is 1.30 bits per heavy atom. The predicted molar refractivity (Wildman–Crippen MR) is 78.8 cm³/mol. The van der Waals surface area contributed by atoms with E-state index >= 15 is 0 Å². The zero-order valence-electron chi connectivity index (χ0n) is 12.5. The highest BCUT2D eigenvalue weighted by atomic mass is 19.1. The van der Waals surface area contributed by atoms with E-state index in [9.17, 15) is 14.0 Å². The Labute approximate surface area is 131 Å². The van der Waals surface area contributed by atoms with Crippen LogP contribution in [0.25, 0.3) is 0 Å². The highest BCUT2D eigenvalue weighted by Crippen LogP contribution is 2.20. The van der Waals surface area contributed by atoms with Gasteiger partial charge in [-0.3, -0.25) is 4.79 Å². The number of hydrogen-bond donors (Lipinski definition) is 2. The molecule has 1 heterocycles. The molecule has 6 nitrogen and oxygen atoms in total. The molecule has 122 valence electrons. The number of carbonyl (C=O) groups is 2. The lowest BCUT2D eigenvalue weighted by molar-refractivity contribution is -0.121. The van der Waals surface area contributed by atoms with Crippen LogP contribution in [0.15, 0.2) is 34.7 Å². The van der Waals surface area contributed by atoms with Gasteiger partial charge >= 0.3 is 5.97 Å². The third-order valence-corrected chi connectivity index (χ3v) is 3.22. The van der Waals surface area contributed by atoms with Crippen molar-refractivity contribution in [2.24, 2.45) is 0 Å². The van der Waals surface area contributed by atoms with Crippen LogP contribution in [-0.4, -0.2) is 24.1 Å². The molecule has 0 fully saturated rings. The lowest BCUT2D eigenvalue weighted by Crippen LogP contribution is -2.22. The van der Waals surface area contributed by atoms with Crippen LogP contribution >= 0.6 is 0 Å². The van der Waals surface area contributed by atoms with E-state index in [4.69, 9.17) is 14.3 Å². The lowest BCUT2D eigenvalue weighted by atomic mass is 10.1. The van der Waals surface area contributed by atoms with Crippen LogP contribution in [0, 0.1) is 5.82 Å². The summed E-state index contributed by atoms with van der Waals surface area (Å²) in [6.07, 6.45) is 0.323. The Morgan fingerprint density at radius 2 is 2.09 bits per heavy atom. The average molecular weight is 321 g/mol. The zero-order valence-corrected chi connectivity index (χ0v) is 12.5. The van der Waals surface area contributed by atoms with Crippen molar-refractivity contribution in [2.75, 3.05) is 7.11 Å². The van der Waals surface area contributed by atoms with Gasteiger partial charge in [0, 0.05) is 6.42 Å². The minimum Gasteiger partial charge on any atom is -0.494 e. The molecule has 0 unspecified atom stereocenters. The molecule has 2 aromatic rings. The van der Waals surface area contributed by atoms with Gasteiger partial charge < -0.3 is 19.6 Å². The molecule has 2 rings (SSSR count).